The lowest BCUT2D eigenvalue weighted by Gasteiger charge is -2.20. The van der Waals surface area contributed by atoms with Gasteiger partial charge in [-0.1, -0.05) is 37.3 Å². The fourth-order valence-electron chi connectivity index (χ4n) is 1.88. The van der Waals surface area contributed by atoms with E-state index in [9.17, 15) is 0 Å². The van der Waals surface area contributed by atoms with Gasteiger partial charge < -0.3 is 10.5 Å². The zero-order valence-corrected chi connectivity index (χ0v) is 12.1. The third-order valence-corrected chi connectivity index (χ3v) is 4.28. The standard InChI is InChI=1S/C16H19NOS/c1-12(19-15-6-4-3-5-7-15)16(17)13-8-10-14(18-2)11-9-13/h3-12,16H,17H2,1-2H3. The zero-order chi connectivity index (χ0) is 13.7. The van der Waals surface area contributed by atoms with Gasteiger partial charge in [0.1, 0.15) is 5.75 Å². The van der Waals surface area contributed by atoms with E-state index in [2.05, 4.69) is 19.1 Å². The van der Waals surface area contributed by atoms with Gasteiger partial charge >= 0.3 is 0 Å². The van der Waals surface area contributed by atoms with Gasteiger partial charge in [-0.3, -0.25) is 0 Å². The second kappa shape index (κ2) is 6.64. The maximum Gasteiger partial charge on any atom is 0.118 e. The van der Waals surface area contributed by atoms with Crippen LogP contribution >= 0.6 is 11.8 Å². The van der Waals surface area contributed by atoms with Crippen LogP contribution in [0.5, 0.6) is 5.75 Å². The Hall–Kier alpha value is -1.45. The average Bonchev–Trinajstić information content (AvgIpc) is 2.47. The van der Waals surface area contributed by atoms with Gasteiger partial charge in [-0.25, -0.2) is 0 Å². The molecule has 19 heavy (non-hydrogen) atoms. The van der Waals surface area contributed by atoms with Crippen LogP contribution in [0.15, 0.2) is 59.5 Å². The van der Waals surface area contributed by atoms with Crippen molar-refractivity contribution in [1.82, 2.24) is 0 Å². The molecule has 0 aliphatic rings. The molecule has 0 amide bonds. The largest absolute Gasteiger partial charge is 0.497 e. The summed E-state index contributed by atoms with van der Waals surface area (Å²) < 4.78 is 5.16. The molecule has 2 aromatic rings. The van der Waals surface area contributed by atoms with Crippen molar-refractivity contribution < 1.29 is 4.74 Å². The molecule has 0 spiro atoms. The molecule has 0 saturated carbocycles. The first-order chi connectivity index (χ1) is 9.20. The monoisotopic (exact) mass is 273 g/mol. The lowest BCUT2D eigenvalue weighted by molar-refractivity contribution is 0.414. The first-order valence-corrected chi connectivity index (χ1v) is 7.20. The van der Waals surface area contributed by atoms with E-state index in [0.29, 0.717) is 5.25 Å². The van der Waals surface area contributed by atoms with Gasteiger partial charge in [0.2, 0.25) is 0 Å². The Morgan fingerprint density at radius 1 is 1.00 bits per heavy atom. The number of benzene rings is 2. The molecule has 0 aromatic heterocycles. The summed E-state index contributed by atoms with van der Waals surface area (Å²) in [4.78, 5) is 1.25. The topological polar surface area (TPSA) is 35.2 Å². The highest BCUT2D eigenvalue weighted by molar-refractivity contribution is 8.00. The quantitative estimate of drug-likeness (QED) is 0.840. The van der Waals surface area contributed by atoms with Gasteiger partial charge in [0.25, 0.3) is 0 Å². The summed E-state index contributed by atoms with van der Waals surface area (Å²) in [7, 11) is 1.67. The second-order valence-corrected chi connectivity index (χ2v) is 5.89. The molecule has 0 bridgehead atoms. The van der Waals surface area contributed by atoms with Gasteiger partial charge in [-0.2, -0.15) is 0 Å². The normalized spacial score (nSPS) is 13.8. The first kappa shape index (κ1) is 14.0. The molecule has 0 aliphatic heterocycles. The molecule has 2 unspecified atom stereocenters. The van der Waals surface area contributed by atoms with E-state index in [1.165, 1.54) is 4.90 Å². The number of methoxy groups -OCH3 is 1. The van der Waals surface area contributed by atoms with Crippen LogP contribution in [0, 0.1) is 0 Å². The summed E-state index contributed by atoms with van der Waals surface area (Å²) in [6.45, 7) is 2.16. The average molecular weight is 273 g/mol. The number of hydrogen-bond acceptors (Lipinski definition) is 3. The molecule has 100 valence electrons. The second-order valence-electron chi connectivity index (χ2n) is 4.43. The highest BCUT2D eigenvalue weighted by Crippen LogP contribution is 2.30. The molecule has 0 saturated heterocycles. The van der Waals surface area contributed by atoms with E-state index in [1.807, 2.05) is 42.5 Å². The summed E-state index contributed by atoms with van der Waals surface area (Å²) in [5.74, 6) is 0.860. The molecule has 2 nitrogen and oxygen atoms in total. The van der Waals surface area contributed by atoms with E-state index in [0.717, 1.165) is 11.3 Å². The van der Waals surface area contributed by atoms with Crippen molar-refractivity contribution in [2.45, 2.75) is 23.1 Å². The van der Waals surface area contributed by atoms with Gasteiger partial charge in [0.05, 0.1) is 7.11 Å². The molecule has 0 radical (unpaired) electrons. The molecule has 2 atom stereocenters. The van der Waals surface area contributed by atoms with Crippen LogP contribution in [0.2, 0.25) is 0 Å². The predicted octanol–water partition coefficient (Wildman–Crippen LogP) is 3.88. The summed E-state index contributed by atoms with van der Waals surface area (Å²) in [5, 5.41) is 0.316. The number of ether oxygens (including phenoxy) is 1. The summed E-state index contributed by atoms with van der Waals surface area (Å²) in [5.41, 5.74) is 7.45. The summed E-state index contributed by atoms with van der Waals surface area (Å²) in [6.07, 6.45) is 0. The number of hydrogen-bond donors (Lipinski definition) is 1. The van der Waals surface area contributed by atoms with Crippen molar-refractivity contribution in [3.63, 3.8) is 0 Å². The minimum atomic E-state index is 0.0103. The molecule has 3 heteroatoms. The molecule has 2 rings (SSSR count). The number of nitrogens with two attached hydrogens (primary N) is 1. The first-order valence-electron chi connectivity index (χ1n) is 6.32. The van der Waals surface area contributed by atoms with E-state index < -0.39 is 0 Å². The van der Waals surface area contributed by atoms with E-state index >= 15 is 0 Å². The van der Waals surface area contributed by atoms with Crippen LogP contribution in [0.1, 0.15) is 18.5 Å². The lowest BCUT2D eigenvalue weighted by atomic mass is 10.1. The molecular weight excluding hydrogens is 254 g/mol. The van der Waals surface area contributed by atoms with Crippen LogP contribution in [0.3, 0.4) is 0 Å². The SMILES string of the molecule is COc1ccc(C(N)C(C)Sc2ccccc2)cc1. The van der Waals surface area contributed by atoms with Crippen LogP contribution in [-0.2, 0) is 0 Å². The van der Waals surface area contributed by atoms with Gasteiger partial charge in [-0.05, 0) is 29.8 Å². The van der Waals surface area contributed by atoms with Crippen molar-refractivity contribution in [3.8, 4) is 5.75 Å². The third-order valence-electron chi connectivity index (χ3n) is 3.07. The summed E-state index contributed by atoms with van der Waals surface area (Å²) >= 11 is 1.80. The zero-order valence-electron chi connectivity index (χ0n) is 11.2. The van der Waals surface area contributed by atoms with Crippen molar-refractivity contribution in [2.24, 2.45) is 5.73 Å². The maximum absolute atomic E-state index is 6.32. The van der Waals surface area contributed by atoms with E-state index in [-0.39, 0.29) is 6.04 Å². The van der Waals surface area contributed by atoms with Crippen LogP contribution in [0.25, 0.3) is 0 Å². The third kappa shape index (κ3) is 3.75. The molecule has 2 aromatic carbocycles. The van der Waals surface area contributed by atoms with Crippen LogP contribution < -0.4 is 10.5 Å². The smallest absolute Gasteiger partial charge is 0.118 e. The van der Waals surface area contributed by atoms with Gasteiger partial charge in [0, 0.05) is 16.2 Å². The number of thioether (sulfide) groups is 1. The van der Waals surface area contributed by atoms with E-state index in [4.69, 9.17) is 10.5 Å². The number of rotatable bonds is 5. The Labute approximate surface area is 119 Å². The van der Waals surface area contributed by atoms with Crippen molar-refractivity contribution in [2.75, 3.05) is 7.11 Å². The highest BCUT2D eigenvalue weighted by Gasteiger charge is 2.16. The van der Waals surface area contributed by atoms with Crippen LogP contribution in [-0.4, -0.2) is 12.4 Å². The fourth-order valence-corrected chi connectivity index (χ4v) is 2.93. The predicted molar refractivity (Wildman–Crippen MR) is 81.7 cm³/mol. The minimum Gasteiger partial charge on any atom is -0.497 e. The maximum atomic E-state index is 6.32. The van der Waals surface area contributed by atoms with Gasteiger partial charge in [-0.15, -0.1) is 11.8 Å². The van der Waals surface area contributed by atoms with Gasteiger partial charge in [0.15, 0.2) is 0 Å². The lowest BCUT2D eigenvalue weighted by Crippen LogP contribution is -2.20. The van der Waals surface area contributed by atoms with Crippen molar-refractivity contribution in [3.05, 3.63) is 60.2 Å². The Bertz CT molecular complexity index is 498. The molecule has 0 fully saturated rings. The van der Waals surface area contributed by atoms with Crippen LogP contribution in [0.4, 0.5) is 0 Å². The minimum absolute atomic E-state index is 0.0103. The molecule has 0 heterocycles. The highest BCUT2D eigenvalue weighted by atomic mass is 32.2. The van der Waals surface area contributed by atoms with Crippen molar-refractivity contribution in [1.29, 1.82) is 0 Å². The Kier molecular flexibility index (Phi) is 4.88. The molecule has 0 aliphatic carbocycles. The van der Waals surface area contributed by atoms with E-state index in [1.54, 1.807) is 18.9 Å². The molecular formula is C16H19NOS. The Balaban J connectivity index is 2.03. The van der Waals surface area contributed by atoms with Crippen molar-refractivity contribution >= 4 is 11.8 Å². The fraction of sp³-hybridized carbons (Fsp3) is 0.250. The Morgan fingerprint density at radius 2 is 1.63 bits per heavy atom. The summed E-state index contributed by atoms with van der Waals surface area (Å²) in [6, 6.07) is 18.3. The molecule has 2 N–H and O–H groups in total. The Morgan fingerprint density at radius 3 is 2.21 bits per heavy atom.